The Balaban J connectivity index is 1.88. The van der Waals surface area contributed by atoms with E-state index in [0.717, 1.165) is 12.8 Å². The highest BCUT2D eigenvalue weighted by molar-refractivity contribution is 7.99. The number of hydrogen-bond acceptors (Lipinski definition) is 6. The lowest BCUT2D eigenvalue weighted by atomic mass is 10.0. The summed E-state index contributed by atoms with van der Waals surface area (Å²) in [6.45, 7) is 2.73. The van der Waals surface area contributed by atoms with Gasteiger partial charge in [0.15, 0.2) is 0 Å². The van der Waals surface area contributed by atoms with E-state index in [2.05, 4.69) is 16.3 Å². The maximum Gasteiger partial charge on any atom is 0.277 e. The van der Waals surface area contributed by atoms with Crippen LogP contribution in [-0.2, 0) is 10.5 Å². The SMILES string of the molecule is CCN(C(=O)CSc1nnc(CSC)o1)C1=CCCCC1. The van der Waals surface area contributed by atoms with E-state index < -0.39 is 0 Å². The predicted molar refractivity (Wildman–Crippen MR) is 86.2 cm³/mol. The van der Waals surface area contributed by atoms with E-state index in [1.165, 1.54) is 30.3 Å². The fourth-order valence-corrected chi connectivity index (χ4v) is 3.31. The molecule has 0 aromatic carbocycles. The fourth-order valence-electron chi connectivity index (χ4n) is 2.29. The van der Waals surface area contributed by atoms with Gasteiger partial charge in [0.25, 0.3) is 5.22 Å². The van der Waals surface area contributed by atoms with Crippen molar-refractivity contribution in [2.24, 2.45) is 0 Å². The topological polar surface area (TPSA) is 59.2 Å². The van der Waals surface area contributed by atoms with E-state index >= 15 is 0 Å². The first-order valence-corrected chi connectivity index (χ1v) is 9.56. The summed E-state index contributed by atoms with van der Waals surface area (Å²) in [7, 11) is 0. The Morgan fingerprint density at radius 2 is 2.29 bits per heavy atom. The number of thioether (sulfide) groups is 2. The molecule has 1 aromatic heterocycles. The molecule has 2 rings (SSSR count). The van der Waals surface area contributed by atoms with Crippen molar-refractivity contribution in [3.63, 3.8) is 0 Å². The summed E-state index contributed by atoms with van der Waals surface area (Å²) in [6.07, 6.45) is 8.65. The van der Waals surface area contributed by atoms with E-state index in [0.29, 0.717) is 29.2 Å². The van der Waals surface area contributed by atoms with Crippen LogP contribution >= 0.6 is 23.5 Å². The summed E-state index contributed by atoms with van der Waals surface area (Å²) in [5, 5.41) is 8.37. The smallest absolute Gasteiger partial charge is 0.277 e. The molecule has 1 aliphatic carbocycles. The Morgan fingerprint density at radius 1 is 1.43 bits per heavy atom. The van der Waals surface area contributed by atoms with Gasteiger partial charge < -0.3 is 9.32 Å². The molecule has 0 radical (unpaired) electrons. The lowest BCUT2D eigenvalue weighted by Gasteiger charge is -2.26. The quantitative estimate of drug-likeness (QED) is 0.716. The van der Waals surface area contributed by atoms with Crippen LogP contribution in [0.5, 0.6) is 0 Å². The molecule has 7 heteroatoms. The third-order valence-corrected chi connectivity index (χ3v) is 4.61. The summed E-state index contributed by atoms with van der Waals surface area (Å²) in [5.41, 5.74) is 1.17. The van der Waals surface area contributed by atoms with Crippen LogP contribution in [-0.4, -0.2) is 39.6 Å². The number of aromatic nitrogens is 2. The van der Waals surface area contributed by atoms with Crippen molar-refractivity contribution in [3.05, 3.63) is 17.7 Å². The van der Waals surface area contributed by atoms with Crippen LogP contribution < -0.4 is 0 Å². The maximum atomic E-state index is 12.3. The van der Waals surface area contributed by atoms with E-state index in [1.807, 2.05) is 18.1 Å². The highest BCUT2D eigenvalue weighted by Crippen LogP contribution is 2.23. The van der Waals surface area contributed by atoms with Crippen molar-refractivity contribution in [2.75, 3.05) is 18.6 Å². The van der Waals surface area contributed by atoms with Gasteiger partial charge in [-0.2, -0.15) is 11.8 Å². The number of nitrogens with zero attached hydrogens (tertiary/aromatic N) is 3. The Kier molecular flexibility index (Phi) is 6.63. The number of allylic oxidation sites excluding steroid dienone is 2. The third-order valence-electron chi connectivity index (χ3n) is 3.27. The lowest BCUT2D eigenvalue weighted by molar-refractivity contribution is -0.126. The molecule has 0 saturated carbocycles. The summed E-state index contributed by atoms with van der Waals surface area (Å²) in [4.78, 5) is 14.2. The van der Waals surface area contributed by atoms with Crippen molar-refractivity contribution in [2.45, 2.75) is 43.6 Å². The average molecular weight is 327 g/mol. The van der Waals surface area contributed by atoms with Crippen LogP contribution in [0, 0.1) is 0 Å². The minimum Gasteiger partial charge on any atom is -0.415 e. The largest absolute Gasteiger partial charge is 0.415 e. The van der Waals surface area contributed by atoms with Crippen molar-refractivity contribution in [1.29, 1.82) is 0 Å². The zero-order chi connectivity index (χ0) is 15.1. The zero-order valence-electron chi connectivity index (χ0n) is 12.5. The molecule has 0 spiro atoms. The summed E-state index contributed by atoms with van der Waals surface area (Å²) in [6, 6.07) is 0. The molecule has 1 aliphatic rings. The summed E-state index contributed by atoms with van der Waals surface area (Å²) in [5.74, 6) is 1.77. The van der Waals surface area contributed by atoms with E-state index in [4.69, 9.17) is 4.42 Å². The summed E-state index contributed by atoms with van der Waals surface area (Å²) >= 11 is 2.95. The number of rotatable bonds is 7. The normalized spacial score (nSPS) is 14.9. The van der Waals surface area contributed by atoms with Crippen molar-refractivity contribution >= 4 is 29.4 Å². The van der Waals surface area contributed by atoms with Crippen LogP contribution in [0.4, 0.5) is 0 Å². The minimum atomic E-state index is 0.111. The highest BCUT2D eigenvalue weighted by Gasteiger charge is 2.19. The first-order valence-electron chi connectivity index (χ1n) is 7.18. The van der Waals surface area contributed by atoms with Crippen LogP contribution in [0.1, 0.15) is 38.5 Å². The molecule has 0 unspecified atom stereocenters. The molecule has 1 aromatic rings. The Bertz CT molecular complexity index is 502. The van der Waals surface area contributed by atoms with Gasteiger partial charge in [0.05, 0.1) is 11.5 Å². The van der Waals surface area contributed by atoms with E-state index in [-0.39, 0.29) is 5.91 Å². The molecular formula is C14H21N3O2S2. The van der Waals surface area contributed by atoms with Crippen molar-refractivity contribution < 1.29 is 9.21 Å². The third kappa shape index (κ3) is 4.78. The molecule has 0 atom stereocenters. The van der Waals surface area contributed by atoms with Gasteiger partial charge in [0, 0.05) is 12.2 Å². The molecule has 1 heterocycles. The van der Waals surface area contributed by atoms with Gasteiger partial charge in [0.1, 0.15) is 0 Å². The standard InChI is InChI=1S/C14H21N3O2S2/c1-3-17(11-7-5-4-6-8-11)13(18)10-21-14-16-15-12(19-14)9-20-2/h7H,3-6,8-10H2,1-2H3. The molecule has 0 bridgehead atoms. The van der Waals surface area contributed by atoms with E-state index in [9.17, 15) is 4.79 Å². The second kappa shape index (κ2) is 8.48. The van der Waals surface area contributed by atoms with Crippen molar-refractivity contribution in [3.8, 4) is 0 Å². The van der Waals surface area contributed by atoms with Gasteiger partial charge >= 0.3 is 0 Å². The van der Waals surface area contributed by atoms with Gasteiger partial charge in [0.2, 0.25) is 11.8 Å². The van der Waals surface area contributed by atoms with Gasteiger partial charge in [-0.05, 0) is 38.9 Å². The molecule has 0 aliphatic heterocycles. The second-order valence-corrected chi connectivity index (χ2v) is 6.56. The Morgan fingerprint density at radius 3 is 2.95 bits per heavy atom. The van der Waals surface area contributed by atoms with Crippen LogP contribution in [0.3, 0.4) is 0 Å². The molecule has 5 nitrogen and oxygen atoms in total. The first kappa shape index (κ1) is 16.4. The Hall–Kier alpha value is -0.950. The molecule has 0 N–H and O–H groups in total. The van der Waals surface area contributed by atoms with Crippen LogP contribution in [0.25, 0.3) is 0 Å². The molecule has 1 amide bonds. The number of carbonyl (C=O) groups is 1. The predicted octanol–water partition coefficient (Wildman–Crippen LogP) is 3.33. The molecule has 0 saturated heterocycles. The van der Waals surface area contributed by atoms with E-state index in [1.54, 1.807) is 11.8 Å². The summed E-state index contributed by atoms with van der Waals surface area (Å²) < 4.78 is 5.47. The fraction of sp³-hybridized carbons (Fsp3) is 0.643. The van der Waals surface area contributed by atoms with Crippen molar-refractivity contribution in [1.82, 2.24) is 15.1 Å². The number of amides is 1. The number of carbonyl (C=O) groups excluding carboxylic acids is 1. The Labute approximate surface area is 133 Å². The van der Waals surface area contributed by atoms with Gasteiger partial charge in [-0.1, -0.05) is 17.8 Å². The maximum absolute atomic E-state index is 12.3. The highest BCUT2D eigenvalue weighted by atomic mass is 32.2. The molecule has 116 valence electrons. The monoisotopic (exact) mass is 327 g/mol. The van der Waals surface area contributed by atoms with Crippen LogP contribution in [0.15, 0.2) is 21.4 Å². The van der Waals surface area contributed by atoms with Gasteiger partial charge in [-0.25, -0.2) is 0 Å². The number of hydrogen-bond donors (Lipinski definition) is 0. The molecule has 0 fully saturated rings. The van der Waals surface area contributed by atoms with Crippen LogP contribution in [0.2, 0.25) is 0 Å². The van der Waals surface area contributed by atoms with Gasteiger partial charge in [-0.3, -0.25) is 4.79 Å². The first-order chi connectivity index (χ1) is 10.2. The minimum absolute atomic E-state index is 0.111. The lowest BCUT2D eigenvalue weighted by Crippen LogP contribution is -2.32. The zero-order valence-corrected chi connectivity index (χ0v) is 14.1. The second-order valence-electron chi connectivity index (χ2n) is 4.76. The molecular weight excluding hydrogens is 306 g/mol. The van der Waals surface area contributed by atoms with Gasteiger partial charge in [-0.15, -0.1) is 10.2 Å². The average Bonchev–Trinajstić information content (AvgIpc) is 2.95. The molecule has 21 heavy (non-hydrogen) atoms.